The standard InChI is InChI=1S/C23H23N3O3S/c1-13-7-5-6-8-18(13)25-22(27)14(2)26-20-11-17(19-12-30-16(4)24-19)9-10-21(20)29-15(3)23(26)28/h5-12,14-15H,1-4H3,(H,25,27). The molecule has 4 rings (SSSR count). The molecule has 6 nitrogen and oxygen atoms in total. The Bertz CT molecular complexity index is 1120. The van der Waals surface area contributed by atoms with E-state index in [2.05, 4.69) is 10.3 Å². The molecule has 1 aliphatic heterocycles. The van der Waals surface area contributed by atoms with E-state index >= 15 is 0 Å². The Morgan fingerprint density at radius 3 is 2.70 bits per heavy atom. The number of fused-ring (bicyclic) bond motifs is 1. The van der Waals surface area contributed by atoms with E-state index in [1.807, 2.05) is 61.7 Å². The molecule has 2 heterocycles. The molecule has 3 aromatic rings. The van der Waals surface area contributed by atoms with Crippen molar-refractivity contribution in [2.75, 3.05) is 10.2 Å². The molecule has 0 saturated heterocycles. The third-order valence-electron chi connectivity index (χ3n) is 5.19. The zero-order chi connectivity index (χ0) is 21.4. The predicted molar refractivity (Wildman–Crippen MR) is 119 cm³/mol. The van der Waals surface area contributed by atoms with Gasteiger partial charge in [-0.2, -0.15) is 0 Å². The van der Waals surface area contributed by atoms with Gasteiger partial charge in [-0.05, 0) is 57.5 Å². The van der Waals surface area contributed by atoms with Gasteiger partial charge in [0, 0.05) is 16.6 Å². The number of rotatable bonds is 4. The van der Waals surface area contributed by atoms with Crippen LogP contribution in [0.25, 0.3) is 11.3 Å². The van der Waals surface area contributed by atoms with Crippen molar-refractivity contribution >= 4 is 34.5 Å². The Morgan fingerprint density at radius 2 is 2.00 bits per heavy atom. The van der Waals surface area contributed by atoms with Gasteiger partial charge >= 0.3 is 0 Å². The molecule has 2 aromatic carbocycles. The largest absolute Gasteiger partial charge is 0.479 e. The number of para-hydroxylation sites is 1. The number of thiazole rings is 1. The lowest BCUT2D eigenvalue weighted by molar-refractivity contribution is -0.128. The maximum absolute atomic E-state index is 13.0. The van der Waals surface area contributed by atoms with Gasteiger partial charge in [0.15, 0.2) is 6.10 Å². The molecular formula is C23H23N3O3S. The number of carbonyl (C=O) groups is 2. The Morgan fingerprint density at radius 1 is 1.23 bits per heavy atom. The van der Waals surface area contributed by atoms with Gasteiger partial charge in [0.25, 0.3) is 5.91 Å². The fourth-order valence-electron chi connectivity index (χ4n) is 3.48. The molecule has 30 heavy (non-hydrogen) atoms. The van der Waals surface area contributed by atoms with Crippen molar-refractivity contribution in [1.29, 1.82) is 0 Å². The Kier molecular flexibility index (Phi) is 5.30. The van der Waals surface area contributed by atoms with Crippen LogP contribution in [-0.2, 0) is 9.59 Å². The number of nitrogens with one attached hydrogen (secondary N) is 1. The fraction of sp³-hybridized carbons (Fsp3) is 0.261. The van der Waals surface area contributed by atoms with Gasteiger partial charge in [0.1, 0.15) is 11.8 Å². The van der Waals surface area contributed by atoms with Gasteiger partial charge < -0.3 is 10.1 Å². The van der Waals surface area contributed by atoms with Crippen LogP contribution in [0.4, 0.5) is 11.4 Å². The van der Waals surface area contributed by atoms with Crippen molar-refractivity contribution in [1.82, 2.24) is 4.98 Å². The van der Waals surface area contributed by atoms with Gasteiger partial charge in [-0.3, -0.25) is 14.5 Å². The van der Waals surface area contributed by atoms with Crippen molar-refractivity contribution in [2.45, 2.75) is 39.8 Å². The van der Waals surface area contributed by atoms with E-state index in [1.165, 1.54) is 4.90 Å². The normalized spacial score (nSPS) is 16.6. The van der Waals surface area contributed by atoms with Crippen LogP contribution < -0.4 is 15.0 Å². The number of hydrogen-bond donors (Lipinski definition) is 1. The number of nitrogens with zero attached hydrogens (tertiary/aromatic N) is 2. The lowest BCUT2D eigenvalue weighted by Crippen LogP contribution is -2.52. The molecule has 0 spiro atoms. The molecule has 154 valence electrons. The minimum Gasteiger partial charge on any atom is -0.479 e. The fourth-order valence-corrected chi connectivity index (χ4v) is 4.11. The first-order valence-corrected chi connectivity index (χ1v) is 10.7. The summed E-state index contributed by atoms with van der Waals surface area (Å²) in [7, 11) is 0. The predicted octanol–water partition coefficient (Wildman–Crippen LogP) is 4.57. The van der Waals surface area contributed by atoms with Gasteiger partial charge in [-0.25, -0.2) is 4.98 Å². The van der Waals surface area contributed by atoms with E-state index in [1.54, 1.807) is 25.2 Å². The quantitative estimate of drug-likeness (QED) is 0.670. The maximum Gasteiger partial charge on any atom is 0.268 e. The molecule has 0 fully saturated rings. The molecule has 1 aliphatic rings. The summed E-state index contributed by atoms with van der Waals surface area (Å²) in [5.41, 5.74) is 3.98. The SMILES string of the molecule is Cc1nc(-c2ccc3c(c2)N(C(C)C(=O)Nc2ccccc2C)C(=O)C(C)O3)cs1. The molecule has 0 saturated carbocycles. The van der Waals surface area contributed by atoms with Crippen molar-refractivity contribution in [3.05, 3.63) is 58.4 Å². The summed E-state index contributed by atoms with van der Waals surface area (Å²) in [4.78, 5) is 32.1. The molecule has 1 aromatic heterocycles. The van der Waals surface area contributed by atoms with Gasteiger partial charge in [-0.1, -0.05) is 18.2 Å². The van der Waals surface area contributed by atoms with E-state index < -0.39 is 12.1 Å². The number of ether oxygens (including phenoxy) is 1. The van der Waals surface area contributed by atoms with E-state index in [9.17, 15) is 9.59 Å². The third-order valence-corrected chi connectivity index (χ3v) is 5.97. The number of aryl methyl sites for hydroxylation is 2. The second-order valence-corrected chi connectivity index (χ2v) is 8.44. The molecule has 7 heteroatoms. The molecular weight excluding hydrogens is 398 g/mol. The van der Waals surface area contributed by atoms with Crippen LogP contribution >= 0.6 is 11.3 Å². The second kappa shape index (κ2) is 7.91. The number of carbonyl (C=O) groups excluding carboxylic acids is 2. The van der Waals surface area contributed by atoms with E-state index in [0.29, 0.717) is 11.4 Å². The van der Waals surface area contributed by atoms with Crippen LogP contribution in [0.1, 0.15) is 24.4 Å². The summed E-state index contributed by atoms with van der Waals surface area (Å²) in [6, 6.07) is 12.5. The molecule has 0 bridgehead atoms. The van der Waals surface area contributed by atoms with Crippen molar-refractivity contribution in [3.63, 3.8) is 0 Å². The summed E-state index contributed by atoms with van der Waals surface area (Å²) >= 11 is 1.57. The number of hydrogen-bond acceptors (Lipinski definition) is 5. The van der Waals surface area contributed by atoms with E-state index in [4.69, 9.17) is 4.74 Å². The Hall–Kier alpha value is -3.19. The molecule has 2 atom stereocenters. The number of aromatic nitrogens is 1. The second-order valence-electron chi connectivity index (χ2n) is 7.38. The third kappa shape index (κ3) is 3.68. The van der Waals surface area contributed by atoms with Crippen LogP contribution in [0.3, 0.4) is 0 Å². The van der Waals surface area contributed by atoms with Crippen LogP contribution in [-0.4, -0.2) is 28.9 Å². The first-order chi connectivity index (χ1) is 14.3. The average Bonchev–Trinajstić information content (AvgIpc) is 3.16. The van der Waals surface area contributed by atoms with Crippen LogP contribution in [0, 0.1) is 13.8 Å². The van der Waals surface area contributed by atoms with E-state index in [-0.39, 0.29) is 11.8 Å². The number of amides is 2. The smallest absolute Gasteiger partial charge is 0.268 e. The molecule has 0 aliphatic carbocycles. The molecule has 1 N–H and O–H groups in total. The Labute approximate surface area is 179 Å². The molecule has 2 amide bonds. The van der Waals surface area contributed by atoms with Crippen molar-refractivity contribution in [3.8, 4) is 17.0 Å². The highest BCUT2D eigenvalue weighted by molar-refractivity contribution is 7.09. The highest BCUT2D eigenvalue weighted by Gasteiger charge is 2.37. The number of anilines is 2. The summed E-state index contributed by atoms with van der Waals surface area (Å²) in [6.45, 7) is 7.31. The van der Waals surface area contributed by atoms with Gasteiger partial charge in [0.2, 0.25) is 5.91 Å². The summed E-state index contributed by atoms with van der Waals surface area (Å²) in [5.74, 6) is 0.0718. The first kappa shape index (κ1) is 20.1. The van der Waals surface area contributed by atoms with Gasteiger partial charge in [0.05, 0.1) is 16.4 Å². The van der Waals surface area contributed by atoms with Crippen molar-refractivity contribution < 1.29 is 14.3 Å². The number of benzene rings is 2. The van der Waals surface area contributed by atoms with Crippen molar-refractivity contribution in [2.24, 2.45) is 0 Å². The topological polar surface area (TPSA) is 71.5 Å². The first-order valence-electron chi connectivity index (χ1n) is 9.78. The summed E-state index contributed by atoms with van der Waals surface area (Å²) in [6.07, 6.45) is -0.668. The highest BCUT2D eigenvalue weighted by Crippen LogP contribution is 2.39. The zero-order valence-corrected chi connectivity index (χ0v) is 18.1. The lowest BCUT2D eigenvalue weighted by Gasteiger charge is -2.36. The summed E-state index contributed by atoms with van der Waals surface area (Å²) < 4.78 is 5.80. The zero-order valence-electron chi connectivity index (χ0n) is 17.3. The highest BCUT2D eigenvalue weighted by atomic mass is 32.1. The minimum absolute atomic E-state index is 0.249. The lowest BCUT2D eigenvalue weighted by atomic mass is 10.1. The van der Waals surface area contributed by atoms with Crippen LogP contribution in [0.15, 0.2) is 47.8 Å². The molecule has 0 radical (unpaired) electrons. The van der Waals surface area contributed by atoms with Gasteiger partial charge in [-0.15, -0.1) is 11.3 Å². The average molecular weight is 422 g/mol. The van der Waals surface area contributed by atoms with E-state index in [0.717, 1.165) is 27.5 Å². The molecule has 2 unspecified atom stereocenters. The van der Waals surface area contributed by atoms with Crippen LogP contribution in [0.2, 0.25) is 0 Å². The van der Waals surface area contributed by atoms with Crippen LogP contribution in [0.5, 0.6) is 5.75 Å². The monoisotopic (exact) mass is 421 g/mol. The minimum atomic E-state index is -0.713. The Balaban J connectivity index is 1.69. The summed E-state index contributed by atoms with van der Waals surface area (Å²) in [5, 5.41) is 5.88. The maximum atomic E-state index is 13.0.